The minimum atomic E-state index is 0.362. The van der Waals surface area contributed by atoms with E-state index in [1.807, 2.05) is 6.07 Å². The summed E-state index contributed by atoms with van der Waals surface area (Å²) in [7, 11) is 0. The second-order valence-corrected chi connectivity index (χ2v) is 6.74. The van der Waals surface area contributed by atoms with Crippen molar-refractivity contribution in [1.82, 2.24) is 14.9 Å². The Morgan fingerprint density at radius 1 is 0.960 bits per heavy atom. The van der Waals surface area contributed by atoms with Gasteiger partial charge in [0.2, 0.25) is 5.95 Å². The number of piperazine rings is 1. The zero-order chi connectivity index (χ0) is 17.1. The molecule has 2 aromatic rings. The molecule has 1 aromatic carbocycles. The molecular formula is C19H24N6. The van der Waals surface area contributed by atoms with Crippen LogP contribution in [0, 0.1) is 0 Å². The number of nitrogens with zero attached hydrogens (tertiary/aromatic N) is 5. The summed E-state index contributed by atoms with van der Waals surface area (Å²) in [5.74, 6) is 2.11. The lowest BCUT2D eigenvalue weighted by atomic mass is 9.76. The Hall–Kier alpha value is -2.63. The Kier molecular flexibility index (Phi) is 4.50. The molecule has 2 N–H and O–H groups in total. The van der Waals surface area contributed by atoms with Crippen LogP contribution in [0.4, 0.5) is 5.95 Å². The lowest BCUT2D eigenvalue weighted by molar-refractivity contribution is 0.336. The molecule has 0 unspecified atom stereocenters. The maximum absolute atomic E-state index is 6.25. The van der Waals surface area contributed by atoms with E-state index in [0.29, 0.717) is 17.9 Å². The number of hydrogen-bond acceptors (Lipinski definition) is 4. The number of aliphatic imine (C=N–C) groups is 1. The highest BCUT2D eigenvalue weighted by atomic mass is 15.4. The highest BCUT2D eigenvalue weighted by Gasteiger charge is 2.31. The third-order valence-corrected chi connectivity index (χ3v) is 5.14. The molecule has 1 aliphatic heterocycles. The van der Waals surface area contributed by atoms with Crippen molar-refractivity contribution in [2.45, 2.75) is 24.8 Å². The minimum absolute atomic E-state index is 0.362. The largest absolute Gasteiger partial charge is 0.370 e. The maximum atomic E-state index is 6.25. The number of rotatable bonds is 3. The molecule has 25 heavy (non-hydrogen) atoms. The molecule has 2 aliphatic rings. The van der Waals surface area contributed by atoms with Crippen molar-refractivity contribution in [3.8, 4) is 0 Å². The standard InChI is InChI=1S/C19H24N6/c20-18(23-17-13-16(14-17)15-5-2-1-3-6-15)24-9-11-25(12-10-24)19-21-7-4-8-22-19/h1-8,16-17H,9-14H2,(H2,20,23). The van der Waals surface area contributed by atoms with Gasteiger partial charge in [-0.25, -0.2) is 15.0 Å². The van der Waals surface area contributed by atoms with E-state index in [0.717, 1.165) is 45.0 Å². The summed E-state index contributed by atoms with van der Waals surface area (Å²) in [4.78, 5) is 17.7. The van der Waals surface area contributed by atoms with Crippen LogP contribution >= 0.6 is 0 Å². The molecule has 1 aromatic heterocycles. The van der Waals surface area contributed by atoms with Crippen molar-refractivity contribution in [3.05, 3.63) is 54.4 Å². The fourth-order valence-electron chi connectivity index (χ4n) is 3.55. The van der Waals surface area contributed by atoms with Crippen LogP contribution in [0.25, 0.3) is 0 Å². The average Bonchev–Trinajstić information content (AvgIpc) is 2.66. The molecule has 0 bridgehead atoms. The van der Waals surface area contributed by atoms with Gasteiger partial charge in [-0.1, -0.05) is 30.3 Å². The summed E-state index contributed by atoms with van der Waals surface area (Å²) in [5, 5.41) is 0. The predicted octanol–water partition coefficient (Wildman–Crippen LogP) is 1.86. The Bertz CT molecular complexity index is 703. The molecule has 2 heterocycles. The Labute approximate surface area is 148 Å². The van der Waals surface area contributed by atoms with Gasteiger partial charge in [0, 0.05) is 38.6 Å². The van der Waals surface area contributed by atoms with Crippen LogP contribution in [0.3, 0.4) is 0 Å². The molecule has 1 saturated carbocycles. The lowest BCUT2D eigenvalue weighted by Gasteiger charge is -2.37. The van der Waals surface area contributed by atoms with Crippen LogP contribution in [0.15, 0.2) is 53.8 Å². The van der Waals surface area contributed by atoms with E-state index >= 15 is 0 Å². The Morgan fingerprint density at radius 3 is 2.32 bits per heavy atom. The van der Waals surface area contributed by atoms with Crippen molar-refractivity contribution in [3.63, 3.8) is 0 Å². The third kappa shape index (κ3) is 3.57. The molecule has 0 spiro atoms. The van der Waals surface area contributed by atoms with Gasteiger partial charge in [0.1, 0.15) is 0 Å². The molecule has 1 aliphatic carbocycles. The predicted molar refractivity (Wildman–Crippen MR) is 99.6 cm³/mol. The van der Waals surface area contributed by atoms with E-state index in [2.05, 4.69) is 50.1 Å². The number of nitrogens with two attached hydrogens (primary N) is 1. The number of benzene rings is 1. The summed E-state index contributed by atoms with van der Waals surface area (Å²) < 4.78 is 0. The van der Waals surface area contributed by atoms with Gasteiger partial charge < -0.3 is 15.5 Å². The highest BCUT2D eigenvalue weighted by molar-refractivity contribution is 5.78. The van der Waals surface area contributed by atoms with E-state index in [4.69, 9.17) is 10.7 Å². The van der Waals surface area contributed by atoms with Gasteiger partial charge >= 0.3 is 0 Å². The molecule has 0 amide bonds. The zero-order valence-electron chi connectivity index (χ0n) is 14.3. The van der Waals surface area contributed by atoms with Crippen LogP contribution in [0.5, 0.6) is 0 Å². The smallest absolute Gasteiger partial charge is 0.225 e. The van der Waals surface area contributed by atoms with E-state index in [1.54, 1.807) is 12.4 Å². The van der Waals surface area contributed by atoms with Gasteiger partial charge in [0.05, 0.1) is 6.04 Å². The topological polar surface area (TPSA) is 70.6 Å². The molecule has 4 rings (SSSR count). The van der Waals surface area contributed by atoms with Gasteiger partial charge in [0.25, 0.3) is 0 Å². The van der Waals surface area contributed by atoms with Crippen molar-refractivity contribution in [2.75, 3.05) is 31.1 Å². The van der Waals surface area contributed by atoms with Crippen molar-refractivity contribution in [2.24, 2.45) is 10.7 Å². The van der Waals surface area contributed by atoms with E-state index in [9.17, 15) is 0 Å². The van der Waals surface area contributed by atoms with Crippen molar-refractivity contribution in [1.29, 1.82) is 0 Å². The fraction of sp³-hybridized carbons (Fsp3) is 0.421. The summed E-state index contributed by atoms with van der Waals surface area (Å²) in [6.07, 6.45) is 5.76. The molecule has 0 radical (unpaired) electrons. The lowest BCUT2D eigenvalue weighted by Crippen LogP contribution is -2.52. The molecular weight excluding hydrogens is 312 g/mol. The van der Waals surface area contributed by atoms with E-state index in [-0.39, 0.29) is 0 Å². The van der Waals surface area contributed by atoms with Crippen LogP contribution in [-0.2, 0) is 0 Å². The fourth-order valence-corrected chi connectivity index (χ4v) is 3.55. The Balaban J connectivity index is 1.28. The molecule has 130 valence electrons. The van der Waals surface area contributed by atoms with Crippen molar-refractivity contribution >= 4 is 11.9 Å². The van der Waals surface area contributed by atoms with Crippen LogP contribution in [0.1, 0.15) is 24.3 Å². The second-order valence-electron chi connectivity index (χ2n) is 6.74. The first-order valence-electron chi connectivity index (χ1n) is 8.95. The average molecular weight is 336 g/mol. The Morgan fingerprint density at radius 2 is 1.64 bits per heavy atom. The molecule has 1 saturated heterocycles. The molecule has 0 atom stereocenters. The van der Waals surface area contributed by atoms with Gasteiger partial charge in [-0.15, -0.1) is 0 Å². The third-order valence-electron chi connectivity index (χ3n) is 5.14. The summed E-state index contributed by atoms with van der Waals surface area (Å²) in [6, 6.07) is 12.9. The first-order valence-corrected chi connectivity index (χ1v) is 8.95. The number of anilines is 1. The SMILES string of the molecule is NC(=NC1CC(c2ccccc2)C1)N1CCN(c2ncccn2)CC1. The normalized spacial score (nSPS) is 24.1. The van der Waals surface area contributed by atoms with Gasteiger partial charge in [0.15, 0.2) is 5.96 Å². The van der Waals surface area contributed by atoms with Crippen molar-refractivity contribution < 1.29 is 0 Å². The van der Waals surface area contributed by atoms with Crippen LogP contribution < -0.4 is 10.6 Å². The first-order chi connectivity index (χ1) is 12.3. The number of aromatic nitrogens is 2. The second kappa shape index (κ2) is 7.09. The maximum Gasteiger partial charge on any atom is 0.225 e. The van der Waals surface area contributed by atoms with Gasteiger partial charge in [-0.2, -0.15) is 0 Å². The van der Waals surface area contributed by atoms with E-state index in [1.165, 1.54) is 5.56 Å². The number of hydrogen-bond donors (Lipinski definition) is 1. The molecule has 6 nitrogen and oxygen atoms in total. The first kappa shape index (κ1) is 15.9. The quantitative estimate of drug-likeness (QED) is 0.684. The summed E-state index contributed by atoms with van der Waals surface area (Å²) in [6.45, 7) is 3.47. The van der Waals surface area contributed by atoms with Gasteiger partial charge in [-0.3, -0.25) is 0 Å². The summed E-state index contributed by atoms with van der Waals surface area (Å²) in [5.41, 5.74) is 7.67. The van der Waals surface area contributed by atoms with E-state index < -0.39 is 0 Å². The minimum Gasteiger partial charge on any atom is -0.370 e. The number of guanidine groups is 1. The van der Waals surface area contributed by atoms with Gasteiger partial charge in [-0.05, 0) is 30.4 Å². The highest BCUT2D eigenvalue weighted by Crippen LogP contribution is 2.38. The zero-order valence-corrected chi connectivity index (χ0v) is 14.3. The molecule has 2 fully saturated rings. The van der Waals surface area contributed by atoms with Crippen LogP contribution in [-0.4, -0.2) is 53.0 Å². The van der Waals surface area contributed by atoms with Crippen LogP contribution in [0.2, 0.25) is 0 Å². The monoisotopic (exact) mass is 336 g/mol. The molecule has 6 heteroatoms. The summed E-state index contributed by atoms with van der Waals surface area (Å²) >= 11 is 0.